The molecule has 0 aromatic heterocycles. The van der Waals surface area contributed by atoms with Gasteiger partial charge in [0.05, 0.1) is 0 Å². The van der Waals surface area contributed by atoms with Crippen LogP contribution in [0, 0.1) is 6.92 Å². The Morgan fingerprint density at radius 1 is 1.32 bits per heavy atom. The van der Waals surface area contributed by atoms with Gasteiger partial charge in [0, 0.05) is 25.0 Å². The lowest BCUT2D eigenvalue weighted by molar-refractivity contribution is 0.0177. The SMILES string of the molecule is CNC1CCN(C(=O)OC(C)(C)C)CC1c1ccccc1C. The van der Waals surface area contributed by atoms with Crippen molar-refractivity contribution in [1.82, 2.24) is 10.2 Å². The highest BCUT2D eigenvalue weighted by Crippen LogP contribution is 2.30. The standard InChI is InChI=1S/C18H28N2O2/c1-13-8-6-7-9-14(13)15-12-20(11-10-16(15)19-5)17(21)22-18(2,3)4/h6-9,15-16,19H,10-12H2,1-5H3. The largest absolute Gasteiger partial charge is 0.444 e. The van der Waals surface area contributed by atoms with Crippen molar-refractivity contribution in [3.8, 4) is 0 Å². The van der Waals surface area contributed by atoms with Crippen LogP contribution in [0.25, 0.3) is 0 Å². The predicted molar refractivity (Wildman–Crippen MR) is 89.2 cm³/mol. The fourth-order valence-corrected chi connectivity index (χ4v) is 3.11. The maximum atomic E-state index is 12.4. The van der Waals surface area contributed by atoms with Gasteiger partial charge >= 0.3 is 6.09 Å². The summed E-state index contributed by atoms with van der Waals surface area (Å²) in [6.07, 6.45) is 0.731. The molecule has 2 atom stereocenters. The van der Waals surface area contributed by atoms with Gasteiger partial charge in [-0.3, -0.25) is 0 Å². The highest BCUT2D eigenvalue weighted by molar-refractivity contribution is 5.68. The third-order valence-electron chi connectivity index (χ3n) is 4.22. The zero-order valence-electron chi connectivity index (χ0n) is 14.3. The zero-order chi connectivity index (χ0) is 16.3. The van der Waals surface area contributed by atoms with E-state index in [1.165, 1.54) is 11.1 Å². The number of piperidine rings is 1. The summed E-state index contributed by atoms with van der Waals surface area (Å²) in [5.74, 6) is 0.299. The predicted octanol–water partition coefficient (Wildman–Crippen LogP) is 3.31. The van der Waals surface area contributed by atoms with Crippen molar-refractivity contribution in [2.75, 3.05) is 20.1 Å². The first-order valence-corrected chi connectivity index (χ1v) is 8.02. The van der Waals surface area contributed by atoms with Crippen molar-refractivity contribution in [3.05, 3.63) is 35.4 Å². The molecule has 1 aromatic carbocycles. The van der Waals surface area contributed by atoms with Crippen molar-refractivity contribution < 1.29 is 9.53 Å². The maximum Gasteiger partial charge on any atom is 0.410 e. The molecule has 4 heteroatoms. The van der Waals surface area contributed by atoms with E-state index >= 15 is 0 Å². The first-order chi connectivity index (χ1) is 10.3. The minimum absolute atomic E-state index is 0.208. The van der Waals surface area contributed by atoms with Crippen LogP contribution in [-0.2, 0) is 4.74 Å². The molecule has 1 aliphatic rings. The number of carbonyl (C=O) groups is 1. The molecule has 1 amide bonds. The number of hydrogen-bond donors (Lipinski definition) is 1. The van der Waals surface area contributed by atoms with E-state index in [1.807, 2.05) is 32.7 Å². The normalized spacial score (nSPS) is 22.5. The van der Waals surface area contributed by atoms with E-state index in [2.05, 4.69) is 36.5 Å². The first-order valence-electron chi connectivity index (χ1n) is 8.02. The number of ether oxygens (including phenoxy) is 1. The van der Waals surface area contributed by atoms with Crippen LogP contribution in [0.1, 0.15) is 44.2 Å². The first kappa shape index (κ1) is 16.8. The van der Waals surface area contributed by atoms with Crippen LogP contribution < -0.4 is 5.32 Å². The average molecular weight is 304 g/mol. The van der Waals surface area contributed by atoms with Gasteiger partial charge in [0.1, 0.15) is 5.60 Å². The molecule has 1 N–H and O–H groups in total. The van der Waals surface area contributed by atoms with E-state index in [0.29, 0.717) is 18.5 Å². The lowest BCUT2D eigenvalue weighted by atomic mass is 9.84. The number of benzene rings is 1. The van der Waals surface area contributed by atoms with Crippen molar-refractivity contribution in [3.63, 3.8) is 0 Å². The van der Waals surface area contributed by atoms with Crippen molar-refractivity contribution in [1.29, 1.82) is 0 Å². The van der Waals surface area contributed by atoms with Gasteiger partial charge in [0.25, 0.3) is 0 Å². The van der Waals surface area contributed by atoms with Crippen molar-refractivity contribution >= 4 is 6.09 Å². The lowest BCUT2D eigenvalue weighted by Gasteiger charge is -2.39. The van der Waals surface area contributed by atoms with Crippen LogP contribution in [-0.4, -0.2) is 42.8 Å². The van der Waals surface area contributed by atoms with Gasteiger partial charge in [-0.1, -0.05) is 24.3 Å². The van der Waals surface area contributed by atoms with Crippen LogP contribution in [0.3, 0.4) is 0 Å². The van der Waals surface area contributed by atoms with Gasteiger partial charge in [-0.15, -0.1) is 0 Å². The smallest absolute Gasteiger partial charge is 0.410 e. The molecular weight excluding hydrogens is 276 g/mol. The number of likely N-dealkylation sites (N-methyl/N-ethyl adjacent to an activating group) is 1. The topological polar surface area (TPSA) is 41.6 Å². The Morgan fingerprint density at radius 3 is 2.59 bits per heavy atom. The molecule has 1 fully saturated rings. The fraction of sp³-hybridized carbons (Fsp3) is 0.611. The van der Waals surface area contributed by atoms with E-state index in [-0.39, 0.29) is 6.09 Å². The van der Waals surface area contributed by atoms with E-state index in [9.17, 15) is 4.79 Å². The summed E-state index contributed by atoms with van der Waals surface area (Å²) in [6, 6.07) is 8.82. The van der Waals surface area contributed by atoms with Crippen LogP contribution in [0.4, 0.5) is 4.79 Å². The molecule has 1 heterocycles. The second-order valence-corrected chi connectivity index (χ2v) is 7.07. The number of carbonyl (C=O) groups excluding carboxylic acids is 1. The van der Waals surface area contributed by atoms with Crippen molar-refractivity contribution in [2.45, 2.75) is 51.7 Å². The minimum atomic E-state index is -0.449. The van der Waals surface area contributed by atoms with Gasteiger partial charge in [0.15, 0.2) is 0 Å². The highest BCUT2D eigenvalue weighted by atomic mass is 16.6. The second kappa shape index (κ2) is 6.69. The van der Waals surface area contributed by atoms with E-state index in [0.717, 1.165) is 13.0 Å². The van der Waals surface area contributed by atoms with Crippen LogP contribution in [0.15, 0.2) is 24.3 Å². The van der Waals surface area contributed by atoms with Gasteiger partial charge in [-0.05, 0) is 52.3 Å². The lowest BCUT2D eigenvalue weighted by Crippen LogP contribution is -2.50. The summed E-state index contributed by atoms with van der Waals surface area (Å²) >= 11 is 0. The molecule has 0 radical (unpaired) electrons. The number of likely N-dealkylation sites (tertiary alicyclic amines) is 1. The fourth-order valence-electron chi connectivity index (χ4n) is 3.11. The summed E-state index contributed by atoms with van der Waals surface area (Å²) < 4.78 is 5.53. The molecule has 2 unspecified atom stereocenters. The third-order valence-corrected chi connectivity index (χ3v) is 4.22. The number of aryl methyl sites for hydroxylation is 1. The van der Waals surface area contributed by atoms with Gasteiger partial charge < -0.3 is 15.0 Å². The van der Waals surface area contributed by atoms with Gasteiger partial charge in [-0.2, -0.15) is 0 Å². The second-order valence-electron chi connectivity index (χ2n) is 7.07. The molecule has 1 aliphatic heterocycles. The van der Waals surface area contributed by atoms with Crippen LogP contribution >= 0.6 is 0 Å². The molecule has 0 bridgehead atoms. The van der Waals surface area contributed by atoms with Crippen LogP contribution in [0.2, 0.25) is 0 Å². The Bertz CT molecular complexity index is 522. The zero-order valence-corrected chi connectivity index (χ0v) is 14.3. The average Bonchev–Trinajstić information content (AvgIpc) is 2.45. The number of rotatable bonds is 2. The van der Waals surface area contributed by atoms with Gasteiger partial charge in [0.2, 0.25) is 0 Å². The Labute approximate surface area is 133 Å². The molecule has 2 rings (SSSR count). The molecule has 0 saturated carbocycles. The highest BCUT2D eigenvalue weighted by Gasteiger charge is 2.34. The summed E-state index contributed by atoms with van der Waals surface area (Å²) in [5.41, 5.74) is 2.14. The number of nitrogens with zero attached hydrogens (tertiary/aromatic N) is 1. The number of amides is 1. The Kier molecular flexibility index (Phi) is 5.12. The van der Waals surface area contributed by atoms with E-state index < -0.39 is 5.60 Å². The maximum absolute atomic E-state index is 12.4. The summed E-state index contributed by atoms with van der Waals surface area (Å²) in [4.78, 5) is 14.2. The molecule has 22 heavy (non-hydrogen) atoms. The molecular formula is C18H28N2O2. The quantitative estimate of drug-likeness (QED) is 0.911. The molecule has 0 aliphatic carbocycles. The Balaban J connectivity index is 2.17. The summed E-state index contributed by atoms with van der Waals surface area (Å²) in [5, 5.41) is 3.41. The molecule has 4 nitrogen and oxygen atoms in total. The van der Waals surface area contributed by atoms with E-state index in [1.54, 1.807) is 0 Å². The third kappa shape index (κ3) is 4.01. The Morgan fingerprint density at radius 2 is 2.00 bits per heavy atom. The molecule has 1 saturated heterocycles. The number of nitrogens with one attached hydrogen (secondary N) is 1. The van der Waals surface area contributed by atoms with Crippen LogP contribution in [0.5, 0.6) is 0 Å². The summed E-state index contributed by atoms with van der Waals surface area (Å²) in [7, 11) is 2.00. The molecule has 0 spiro atoms. The Hall–Kier alpha value is -1.55. The van der Waals surface area contributed by atoms with Crippen molar-refractivity contribution in [2.24, 2.45) is 0 Å². The summed E-state index contributed by atoms with van der Waals surface area (Å²) in [6.45, 7) is 9.29. The van der Waals surface area contributed by atoms with E-state index in [4.69, 9.17) is 4.74 Å². The minimum Gasteiger partial charge on any atom is -0.444 e. The molecule has 1 aromatic rings. The number of hydrogen-bond acceptors (Lipinski definition) is 3. The van der Waals surface area contributed by atoms with Gasteiger partial charge in [-0.25, -0.2) is 4.79 Å². The monoisotopic (exact) mass is 304 g/mol. The molecule has 122 valence electrons.